The molecule has 0 radical (unpaired) electrons. The average molecular weight is 246 g/mol. The van der Waals surface area contributed by atoms with Gasteiger partial charge >= 0.3 is 5.97 Å². The molecule has 0 saturated heterocycles. The van der Waals surface area contributed by atoms with Crippen molar-refractivity contribution in [2.45, 2.75) is 13.5 Å². The molecular weight excluding hydrogens is 232 g/mol. The molecule has 2 aromatic rings. The lowest BCUT2D eigenvalue weighted by molar-refractivity contribution is 0.0563. The number of hydrogen-bond acceptors (Lipinski definition) is 5. The third kappa shape index (κ3) is 2.68. The van der Waals surface area contributed by atoms with Gasteiger partial charge in [0.15, 0.2) is 0 Å². The summed E-state index contributed by atoms with van der Waals surface area (Å²) in [5.74, 6) is 0.398. The summed E-state index contributed by atoms with van der Waals surface area (Å²) >= 11 is 0. The average Bonchev–Trinajstić information content (AvgIpc) is 2.86. The zero-order chi connectivity index (χ0) is 13.0. The van der Waals surface area contributed by atoms with Gasteiger partial charge in [-0.1, -0.05) is 0 Å². The van der Waals surface area contributed by atoms with Crippen LogP contribution in [0.25, 0.3) is 0 Å². The Kier molecular flexibility index (Phi) is 3.62. The van der Waals surface area contributed by atoms with Gasteiger partial charge in [0.25, 0.3) is 0 Å². The largest absolute Gasteiger partial charge is 0.463 e. The summed E-state index contributed by atoms with van der Waals surface area (Å²) in [5.41, 5.74) is 2.04. The van der Waals surface area contributed by atoms with Gasteiger partial charge in [-0.05, 0) is 30.7 Å². The number of pyridine rings is 1. The summed E-state index contributed by atoms with van der Waals surface area (Å²) in [5, 5.41) is 3.19. The van der Waals surface area contributed by atoms with Crippen LogP contribution in [-0.4, -0.2) is 18.1 Å². The molecule has 2 rings (SSSR count). The highest BCUT2D eigenvalue weighted by atomic mass is 16.5. The minimum atomic E-state index is -0.473. The maximum atomic E-state index is 11.2. The predicted octanol–water partition coefficient (Wildman–Crippen LogP) is 2.38. The van der Waals surface area contributed by atoms with Crippen molar-refractivity contribution in [3.63, 3.8) is 0 Å². The lowest BCUT2D eigenvalue weighted by Crippen LogP contribution is -2.01. The lowest BCUT2D eigenvalue weighted by atomic mass is 10.2. The van der Waals surface area contributed by atoms with E-state index in [2.05, 4.69) is 15.0 Å². The van der Waals surface area contributed by atoms with Crippen molar-refractivity contribution < 1.29 is 13.9 Å². The van der Waals surface area contributed by atoms with Crippen LogP contribution < -0.4 is 5.32 Å². The van der Waals surface area contributed by atoms with Gasteiger partial charge in [0, 0.05) is 6.20 Å². The van der Waals surface area contributed by atoms with Gasteiger partial charge in [-0.3, -0.25) is 4.98 Å². The Hall–Kier alpha value is -2.30. The van der Waals surface area contributed by atoms with Crippen molar-refractivity contribution in [2.24, 2.45) is 0 Å². The number of anilines is 1. The number of nitrogens with one attached hydrogen (secondary N) is 1. The zero-order valence-corrected chi connectivity index (χ0v) is 10.3. The Bertz CT molecular complexity index is 549. The number of esters is 1. The first kappa shape index (κ1) is 12.2. The van der Waals surface area contributed by atoms with E-state index in [1.807, 2.05) is 13.0 Å². The van der Waals surface area contributed by atoms with Crippen molar-refractivity contribution in [1.82, 2.24) is 4.98 Å². The van der Waals surface area contributed by atoms with Gasteiger partial charge in [0.05, 0.1) is 25.5 Å². The minimum Gasteiger partial charge on any atom is -0.463 e. The molecule has 0 fully saturated rings. The van der Waals surface area contributed by atoms with E-state index < -0.39 is 5.97 Å². The van der Waals surface area contributed by atoms with Crippen LogP contribution in [0.15, 0.2) is 35.0 Å². The number of carbonyl (C=O) groups excluding carboxylic acids is 1. The number of methoxy groups -OCH3 is 1. The molecule has 0 amide bonds. The highest BCUT2D eigenvalue weighted by Gasteiger charge is 2.10. The number of carbonyl (C=O) groups is 1. The van der Waals surface area contributed by atoms with Crippen molar-refractivity contribution >= 4 is 11.7 Å². The van der Waals surface area contributed by atoms with Gasteiger partial charge in [-0.2, -0.15) is 0 Å². The number of aryl methyl sites for hydroxylation is 1. The fourth-order valence-corrected chi connectivity index (χ4v) is 1.51. The lowest BCUT2D eigenvalue weighted by Gasteiger charge is -2.06. The van der Waals surface area contributed by atoms with Crippen LogP contribution in [0.5, 0.6) is 0 Å². The first-order chi connectivity index (χ1) is 8.70. The molecule has 18 heavy (non-hydrogen) atoms. The molecule has 0 atom stereocenters. The minimum absolute atomic E-state index is 0.206. The Morgan fingerprint density at radius 3 is 3.00 bits per heavy atom. The van der Waals surface area contributed by atoms with E-state index in [0.29, 0.717) is 12.3 Å². The van der Waals surface area contributed by atoms with Crippen LogP contribution >= 0.6 is 0 Å². The molecule has 94 valence electrons. The van der Waals surface area contributed by atoms with Gasteiger partial charge < -0.3 is 14.5 Å². The molecule has 0 aromatic carbocycles. The molecule has 0 aliphatic rings. The highest BCUT2D eigenvalue weighted by Crippen LogP contribution is 2.14. The van der Waals surface area contributed by atoms with Crippen LogP contribution in [0.3, 0.4) is 0 Å². The van der Waals surface area contributed by atoms with Crippen molar-refractivity contribution in [2.75, 3.05) is 12.4 Å². The number of hydrogen-bond donors (Lipinski definition) is 1. The maximum absolute atomic E-state index is 11.2. The Morgan fingerprint density at radius 1 is 1.44 bits per heavy atom. The predicted molar refractivity (Wildman–Crippen MR) is 66.3 cm³/mol. The van der Waals surface area contributed by atoms with Crippen molar-refractivity contribution in [1.29, 1.82) is 0 Å². The molecule has 5 nitrogen and oxygen atoms in total. The van der Waals surface area contributed by atoms with Crippen LogP contribution in [0.1, 0.15) is 21.9 Å². The van der Waals surface area contributed by atoms with E-state index in [-0.39, 0.29) is 5.76 Å². The van der Waals surface area contributed by atoms with Crippen molar-refractivity contribution in [3.8, 4) is 0 Å². The number of ether oxygens (including phenoxy) is 1. The molecule has 5 heteroatoms. The van der Waals surface area contributed by atoms with Crippen LogP contribution in [0.4, 0.5) is 5.69 Å². The van der Waals surface area contributed by atoms with E-state index in [1.165, 1.54) is 7.11 Å². The number of furan rings is 1. The number of nitrogens with zero attached hydrogens (tertiary/aromatic N) is 1. The van der Waals surface area contributed by atoms with E-state index in [4.69, 9.17) is 4.42 Å². The van der Waals surface area contributed by atoms with E-state index in [9.17, 15) is 4.79 Å². The fraction of sp³-hybridized carbons (Fsp3) is 0.231. The summed E-state index contributed by atoms with van der Waals surface area (Å²) in [6.07, 6.45) is 3.49. The summed E-state index contributed by atoms with van der Waals surface area (Å²) in [7, 11) is 1.32. The third-order valence-corrected chi connectivity index (χ3v) is 2.54. The Morgan fingerprint density at radius 2 is 2.28 bits per heavy atom. The molecule has 1 N–H and O–H groups in total. The Labute approximate surface area is 105 Å². The second-order valence-corrected chi connectivity index (χ2v) is 3.80. The van der Waals surface area contributed by atoms with Crippen LogP contribution in [0, 0.1) is 6.92 Å². The Balaban J connectivity index is 2.01. The van der Waals surface area contributed by atoms with Gasteiger partial charge in [-0.15, -0.1) is 0 Å². The highest BCUT2D eigenvalue weighted by molar-refractivity contribution is 5.86. The number of rotatable bonds is 4. The molecule has 0 spiro atoms. The van der Waals surface area contributed by atoms with Crippen molar-refractivity contribution in [3.05, 3.63) is 47.7 Å². The SMILES string of the molecule is COC(=O)c1ccc(CNc2cnccc2C)o1. The normalized spacial score (nSPS) is 10.1. The van der Waals surface area contributed by atoms with Gasteiger partial charge in [0.1, 0.15) is 5.76 Å². The standard InChI is InChI=1S/C13H14N2O3/c1-9-5-6-14-8-11(9)15-7-10-3-4-12(18-10)13(16)17-2/h3-6,8,15H,7H2,1-2H3. The summed E-state index contributed by atoms with van der Waals surface area (Å²) < 4.78 is 9.91. The smallest absolute Gasteiger partial charge is 0.373 e. The molecule has 0 saturated carbocycles. The van der Waals surface area contributed by atoms with Gasteiger partial charge in [-0.25, -0.2) is 4.79 Å². The second-order valence-electron chi connectivity index (χ2n) is 3.80. The fourth-order valence-electron chi connectivity index (χ4n) is 1.51. The third-order valence-electron chi connectivity index (χ3n) is 2.54. The first-order valence-electron chi connectivity index (χ1n) is 5.52. The van der Waals surface area contributed by atoms with Gasteiger partial charge in [0.2, 0.25) is 5.76 Å². The number of aromatic nitrogens is 1. The first-order valence-corrected chi connectivity index (χ1v) is 5.52. The summed E-state index contributed by atoms with van der Waals surface area (Å²) in [6, 6.07) is 5.26. The molecule has 2 aromatic heterocycles. The van der Waals surface area contributed by atoms with Crippen LogP contribution in [0.2, 0.25) is 0 Å². The molecule has 0 unspecified atom stereocenters. The molecule has 0 aliphatic carbocycles. The zero-order valence-electron chi connectivity index (χ0n) is 10.3. The second kappa shape index (κ2) is 5.35. The summed E-state index contributed by atoms with van der Waals surface area (Å²) in [4.78, 5) is 15.2. The maximum Gasteiger partial charge on any atom is 0.373 e. The molecular formula is C13H14N2O3. The van der Waals surface area contributed by atoms with E-state index >= 15 is 0 Å². The molecule has 0 bridgehead atoms. The monoisotopic (exact) mass is 246 g/mol. The van der Waals surface area contributed by atoms with Crippen LogP contribution in [-0.2, 0) is 11.3 Å². The summed E-state index contributed by atoms with van der Waals surface area (Å²) in [6.45, 7) is 2.48. The molecule has 0 aliphatic heterocycles. The quantitative estimate of drug-likeness (QED) is 0.839. The molecule has 2 heterocycles. The van der Waals surface area contributed by atoms with E-state index in [1.54, 1.807) is 24.5 Å². The van der Waals surface area contributed by atoms with E-state index in [0.717, 1.165) is 11.3 Å². The topological polar surface area (TPSA) is 64.4 Å².